The molecule has 0 aliphatic heterocycles. The zero-order valence-corrected chi connectivity index (χ0v) is 8.37. The minimum Gasteiger partial charge on any atom is -0.301 e. The van der Waals surface area contributed by atoms with Crippen molar-refractivity contribution >= 4 is 0 Å². The maximum Gasteiger partial charge on any atom is 0.0790 e. The van der Waals surface area contributed by atoms with E-state index in [0.717, 1.165) is 11.8 Å². The second kappa shape index (κ2) is 4.43. The van der Waals surface area contributed by atoms with Gasteiger partial charge in [0.1, 0.15) is 0 Å². The molecule has 2 N–H and O–H groups in total. The lowest BCUT2D eigenvalue weighted by Gasteiger charge is -2.34. The van der Waals surface area contributed by atoms with Crippen molar-refractivity contribution in [3.8, 4) is 0 Å². The second-order valence-corrected chi connectivity index (χ2v) is 4.73. The van der Waals surface area contributed by atoms with Crippen LogP contribution in [0, 0.1) is 11.8 Å². The van der Waals surface area contributed by atoms with Crippen LogP contribution in [0.15, 0.2) is 0 Å². The summed E-state index contributed by atoms with van der Waals surface area (Å²) >= 11 is 0. The van der Waals surface area contributed by atoms with Crippen molar-refractivity contribution in [1.29, 1.82) is 0 Å². The standard InChI is InChI=1S/C11H21NO/c12-13-11-7-6-9-4-2-1-3-5-10(9)8-11/h9-11H,1-8,12H2. The highest BCUT2D eigenvalue weighted by atomic mass is 16.6. The Hall–Kier alpha value is -0.0800. The highest BCUT2D eigenvalue weighted by molar-refractivity contribution is 4.82. The fourth-order valence-electron chi connectivity index (χ4n) is 3.13. The van der Waals surface area contributed by atoms with E-state index >= 15 is 0 Å². The minimum absolute atomic E-state index is 0.361. The van der Waals surface area contributed by atoms with E-state index in [9.17, 15) is 0 Å². The highest BCUT2D eigenvalue weighted by Gasteiger charge is 2.31. The van der Waals surface area contributed by atoms with E-state index < -0.39 is 0 Å². The molecule has 0 aromatic heterocycles. The molecule has 3 atom stereocenters. The first-order chi connectivity index (χ1) is 6.40. The number of rotatable bonds is 1. The van der Waals surface area contributed by atoms with E-state index in [-0.39, 0.29) is 0 Å². The predicted molar refractivity (Wildman–Crippen MR) is 53.0 cm³/mol. The molecule has 0 heterocycles. The van der Waals surface area contributed by atoms with E-state index in [1.807, 2.05) is 0 Å². The Labute approximate surface area is 80.8 Å². The smallest absolute Gasteiger partial charge is 0.0790 e. The summed E-state index contributed by atoms with van der Waals surface area (Å²) in [6.07, 6.45) is 11.3. The van der Waals surface area contributed by atoms with Crippen molar-refractivity contribution in [2.75, 3.05) is 0 Å². The first kappa shape index (κ1) is 9.47. The molecular weight excluding hydrogens is 162 g/mol. The average molecular weight is 183 g/mol. The van der Waals surface area contributed by atoms with E-state index in [1.165, 1.54) is 51.4 Å². The lowest BCUT2D eigenvalue weighted by molar-refractivity contribution is -0.00603. The molecule has 2 rings (SSSR count). The van der Waals surface area contributed by atoms with Crippen molar-refractivity contribution < 1.29 is 4.84 Å². The van der Waals surface area contributed by atoms with Gasteiger partial charge in [-0.05, 0) is 31.1 Å². The van der Waals surface area contributed by atoms with Crippen LogP contribution in [-0.4, -0.2) is 6.10 Å². The topological polar surface area (TPSA) is 35.2 Å². The van der Waals surface area contributed by atoms with E-state index in [0.29, 0.717) is 6.10 Å². The van der Waals surface area contributed by atoms with Crippen molar-refractivity contribution in [3.63, 3.8) is 0 Å². The summed E-state index contributed by atoms with van der Waals surface area (Å²) in [7, 11) is 0. The lowest BCUT2D eigenvalue weighted by atomic mass is 9.75. The fourth-order valence-corrected chi connectivity index (χ4v) is 3.13. The molecule has 13 heavy (non-hydrogen) atoms. The van der Waals surface area contributed by atoms with Crippen LogP contribution < -0.4 is 5.90 Å². The minimum atomic E-state index is 0.361. The number of hydrogen-bond acceptors (Lipinski definition) is 2. The Bertz CT molecular complexity index is 160. The summed E-state index contributed by atoms with van der Waals surface area (Å²) < 4.78 is 0. The Balaban J connectivity index is 1.91. The van der Waals surface area contributed by atoms with Crippen LogP contribution in [-0.2, 0) is 4.84 Å². The maximum atomic E-state index is 5.26. The van der Waals surface area contributed by atoms with Crippen molar-refractivity contribution in [2.24, 2.45) is 17.7 Å². The highest BCUT2D eigenvalue weighted by Crippen LogP contribution is 2.39. The van der Waals surface area contributed by atoms with Crippen LogP contribution in [0.3, 0.4) is 0 Å². The number of fused-ring (bicyclic) bond motifs is 1. The molecule has 2 nitrogen and oxygen atoms in total. The van der Waals surface area contributed by atoms with Crippen LogP contribution in [0.2, 0.25) is 0 Å². The zero-order valence-electron chi connectivity index (χ0n) is 8.37. The van der Waals surface area contributed by atoms with Gasteiger partial charge in [0.2, 0.25) is 0 Å². The Morgan fingerprint density at radius 3 is 2.38 bits per heavy atom. The fraction of sp³-hybridized carbons (Fsp3) is 1.00. The van der Waals surface area contributed by atoms with E-state index in [1.54, 1.807) is 0 Å². The van der Waals surface area contributed by atoms with E-state index in [2.05, 4.69) is 0 Å². The van der Waals surface area contributed by atoms with Crippen molar-refractivity contribution in [2.45, 2.75) is 57.5 Å². The summed E-state index contributed by atoms with van der Waals surface area (Å²) in [4.78, 5) is 4.98. The monoisotopic (exact) mass is 183 g/mol. The summed E-state index contributed by atoms with van der Waals surface area (Å²) in [6, 6.07) is 0. The van der Waals surface area contributed by atoms with Gasteiger partial charge < -0.3 is 4.84 Å². The molecular formula is C11H21NO. The molecule has 2 saturated carbocycles. The third-order valence-electron chi connectivity index (χ3n) is 3.93. The molecule has 0 bridgehead atoms. The summed E-state index contributed by atoms with van der Waals surface area (Å²) in [5.74, 6) is 7.18. The van der Waals surface area contributed by atoms with Crippen LogP contribution in [0.4, 0.5) is 0 Å². The normalized spacial score (nSPS) is 40.8. The van der Waals surface area contributed by atoms with Crippen molar-refractivity contribution in [1.82, 2.24) is 0 Å². The van der Waals surface area contributed by atoms with E-state index in [4.69, 9.17) is 10.7 Å². The molecule has 0 radical (unpaired) electrons. The van der Waals surface area contributed by atoms with Gasteiger partial charge in [0.15, 0.2) is 0 Å². The second-order valence-electron chi connectivity index (χ2n) is 4.73. The van der Waals surface area contributed by atoms with Gasteiger partial charge in [-0.25, -0.2) is 5.90 Å². The van der Waals surface area contributed by atoms with Crippen LogP contribution >= 0.6 is 0 Å². The summed E-state index contributed by atoms with van der Waals surface area (Å²) in [5.41, 5.74) is 0. The molecule has 76 valence electrons. The third-order valence-corrected chi connectivity index (χ3v) is 3.93. The SMILES string of the molecule is NOC1CCC2CCCCCC2C1. The molecule has 0 saturated heterocycles. The molecule has 0 aromatic carbocycles. The maximum absolute atomic E-state index is 5.26. The van der Waals surface area contributed by atoms with Crippen molar-refractivity contribution in [3.05, 3.63) is 0 Å². The summed E-state index contributed by atoms with van der Waals surface area (Å²) in [6.45, 7) is 0. The Morgan fingerprint density at radius 2 is 1.62 bits per heavy atom. The third kappa shape index (κ3) is 2.23. The van der Waals surface area contributed by atoms with Gasteiger partial charge in [-0.1, -0.05) is 32.1 Å². The number of nitrogens with two attached hydrogens (primary N) is 1. The molecule has 2 heteroatoms. The molecule has 2 aliphatic rings. The number of hydrogen-bond donors (Lipinski definition) is 1. The van der Waals surface area contributed by atoms with Gasteiger partial charge in [-0.3, -0.25) is 0 Å². The van der Waals surface area contributed by atoms with Gasteiger partial charge in [-0.15, -0.1) is 0 Å². The largest absolute Gasteiger partial charge is 0.301 e. The van der Waals surface area contributed by atoms with Gasteiger partial charge >= 0.3 is 0 Å². The first-order valence-electron chi connectivity index (χ1n) is 5.75. The van der Waals surface area contributed by atoms with Gasteiger partial charge in [0.25, 0.3) is 0 Å². The Kier molecular flexibility index (Phi) is 3.23. The van der Waals surface area contributed by atoms with Crippen LogP contribution in [0.25, 0.3) is 0 Å². The lowest BCUT2D eigenvalue weighted by Crippen LogP contribution is -2.30. The molecule has 0 amide bonds. The van der Waals surface area contributed by atoms with Gasteiger partial charge in [0.05, 0.1) is 6.10 Å². The molecule has 0 spiro atoms. The Morgan fingerprint density at radius 1 is 0.846 bits per heavy atom. The van der Waals surface area contributed by atoms with Gasteiger partial charge in [-0.2, -0.15) is 0 Å². The molecule has 3 unspecified atom stereocenters. The predicted octanol–water partition coefficient (Wildman–Crippen LogP) is 2.63. The first-order valence-corrected chi connectivity index (χ1v) is 5.75. The van der Waals surface area contributed by atoms with Crippen LogP contribution in [0.5, 0.6) is 0 Å². The van der Waals surface area contributed by atoms with Gasteiger partial charge in [0, 0.05) is 0 Å². The quantitative estimate of drug-likeness (QED) is 0.634. The average Bonchev–Trinajstić information content (AvgIpc) is 2.41. The zero-order chi connectivity index (χ0) is 9.10. The molecule has 2 fully saturated rings. The molecule has 2 aliphatic carbocycles. The van der Waals surface area contributed by atoms with Crippen LogP contribution in [0.1, 0.15) is 51.4 Å². The molecule has 0 aromatic rings. The summed E-state index contributed by atoms with van der Waals surface area (Å²) in [5, 5.41) is 0.